The molecule has 0 unspecified atom stereocenters. The van der Waals surface area contributed by atoms with Gasteiger partial charge in [0.2, 0.25) is 11.8 Å². The number of likely N-dealkylation sites (tertiary alicyclic amines) is 1. The average Bonchev–Trinajstić information content (AvgIpc) is 3.47. The standard InChI is InChI=1S/C19H24N2O2S/c22-18(14-4-3-10-21(12-14)19(23)13-7-8-13)20-16-9-11-24-17-6-2-1-5-15(16)17/h1-2,5-6,13-14,16H,3-4,7-12H2,(H,20,22)/t14-,16+/m1/s1. The highest BCUT2D eigenvalue weighted by atomic mass is 32.2. The number of benzene rings is 1. The maximum atomic E-state index is 12.8. The lowest BCUT2D eigenvalue weighted by molar-refractivity contribution is -0.137. The Bertz CT molecular complexity index is 644. The minimum Gasteiger partial charge on any atom is -0.349 e. The van der Waals surface area contributed by atoms with Crippen molar-refractivity contribution in [2.45, 2.75) is 43.0 Å². The van der Waals surface area contributed by atoms with Crippen LogP contribution in [0.5, 0.6) is 0 Å². The van der Waals surface area contributed by atoms with Crippen LogP contribution in [0.25, 0.3) is 0 Å². The predicted molar refractivity (Wildman–Crippen MR) is 94.7 cm³/mol. The van der Waals surface area contributed by atoms with E-state index in [0.29, 0.717) is 6.54 Å². The molecule has 1 saturated carbocycles. The van der Waals surface area contributed by atoms with E-state index in [2.05, 4.69) is 23.5 Å². The summed E-state index contributed by atoms with van der Waals surface area (Å²) >= 11 is 1.87. The molecule has 0 aromatic heterocycles. The third-order valence-corrected chi connectivity index (χ3v) is 6.43. The average molecular weight is 344 g/mol. The smallest absolute Gasteiger partial charge is 0.225 e. The summed E-state index contributed by atoms with van der Waals surface area (Å²) in [7, 11) is 0. The number of hydrogen-bond donors (Lipinski definition) is 1. The van der Waals surface area contributed by atoms with Crippen molar-refractivity contribution in [2.75, 3.05) is 18.8 Å². The zero-order chi connectivity index (χ0) is 16.5. The Labute approximate surface area is 147 Å². The summed E-state index contributed by atoms with van der Waals surface area (Å²) in [5.74, 6) is 1.62. The van der Waals surface area contributed by atoms with Crippen LogP contribution in [-0.4, -0.2) is 35.6 Å². The number of piperidine rings is 1. The van der Waals surface area contributed by atoms with Crippen molar-refractivity contribution in [1.82, 2.24) is 10.2 Å². The quantitative estimate of drug-likeness (QED) is 0.917. The van der Waals surface area contributed by atoms with E-state index < -0.39 is 0 Å². The summed E-state index contributed by atoms with van der Waals surface area (Å²) in [6.45, 7) is 1.42. The second kappa shape index (κ2) is 6.79. The highest BCUT2D eigenvalue weighted by Crippen LogP contribution is 2.36. The van der Waals surface area contributed by atoms with Crippen LogP contribution in [0, 0.1) is 11.8 Å². The summed E-state index contributed by atoms with van der Waals surface area (Å²) in [5, 5.41) is 3.26. The van der Waals surface area contributed by atoms with Gasteiger partial charge in [-0.2, -0.15) is 0 Å². The van der Waals surface area contributed by atoms with Crippen molar-refractivity contribution in [3.05, 3.63) is 29.8 Å². The van der Waals surface area contributed by atoms with E-state index in [9.17, 15) is 9.59 Å². The molecule has 0 bridgehead atoms. The maximum absolute atomic E-state index is 12.8. The molecule has 2 aliphatic heterocycles. The van der Waals surface area contributed by atoms with E-state index in [1.807, 2.05) is 22.7 Å². The van der Waals surface area contributed by atoms with Gasteiger partial charge in [0.15, 0.2) is 0 Å². The first-order valence-corrected chi connectivity index (χ1v) is 10.0. The number of carbonyl (C=O) groups is 2. The lowest BCUT2D eigenvalue weighted by Gasteiger charge is -2.34. The molecule has 4 rings (SSSR count). The molecule has 3 aliphatic rings. The van der Waals surface area contributed by atoms with Gasteiger partial charge >= 0.3 is 0 Å². The summed E-state index contributed by atoms with van der Waals surface area (Å²) < 4.78 is 0. The summed E-state index contributed by atoms with van der Waals surface area (Å²) in [4.78, 5) is 28.3. The van der Waals surface area contributed by atoms with Crippen molar-refractivity contribution < 1.29 is 9.59 Å². The molecular formula is C19H24N2O2S. The van der Waals surface area contributed by atoms with Gasteiger partial charge in [0.05, 0.1) is 12.0 Å². The molecule has 2 heterocycles. The van der Waals surface area contributed by atoms with Crippen molar-refractivity contribution in [1.29, 1.82) is 0 Å². The number of amides is 2. The van der Waals surface area contributed by atoms with Crippen LogP contribution in [0.2, 0.25) is 0 Å². The van der Waals surface area contributed by atoms with Crippen LogP contribution in [0.3, 0.4) is 0 Å². The molecule has 2 atom stereocenters. The van der Waals surface area contributed by atoms with Gasteiger partial charge < -0.3 is 10.2 Å². The minimum atomic E-state index is -0.0526. The van der Waals surface area contributed by atoms with E-state index >= 15 is 0 Å². The predicted octanol–water partition coefficient (Wildman–Crippen LogP) is 2.99. The maximum Gasteiger partial charge on any atom is 0.225 e. The van der Waals surface area contributed by atoms with Gasteiger partial charge in [-0.1, -0.05) is 18.2 Å². The van der Waals surface area contributed by atoms with E-state index in [0.717, 1.165) is 44.4 Å². The van der Waals surface area contributed by atoms with Gasteiger partial charge in [-0.3, -0.25) is 9.59 Å². The minimum absolute atomic E-state index is 0.0526. The van der Waals surface area contributed by atoms with Crippen molar-refractivity contribution >= 4 is 23.6 Å². The Hall–Kier alpha value is -1.49. The molecule has 1 aliphatic carbocycles. The Morgan fingerprint density at radius 3 is 2.75 bits per heavy atom. The Morgan fingerprint density at radius 1 is 1.08 bits per heavy atom. The highest BCUT2D eigenvalue weighted by molar-refractivity contribution is 7.99. The fraction of sp³-hybridized carbons (Fsp3) is 0.579. The number of nitrogens with zero attached hydrogens (tertiary/aromatic N) is 1. The lowest BCUT2D eigenvalue weighted by atomic mass is 9.95. The van der Waals surface area contributed by atoms with E-state index in [-0.39, 0.29) is 29.7 Å². The molecule has 1 N–H and O–H groups in total. The summed E-state index contributed by atoms with van der Waals surface area (Å²) in [5.41, 5.74) is 1.24. The first-order valence-electron chi connectivity index (χ1n) is 9.03. The molecular weight excluding hydrogens is 320 g/mol. The number of hydrogen-bond acceptors (Lipinski definition) is 3. The molecule has 24 heavy (non-hydrogen) atoms. The summed E-state index contributed by atoms with van der Waals surface area (Å²) in [6.07, 6.45) is 4.87. The number of thioether (sulfide) groups is 1. The zero-order valence-electron chi connectivity index (χ0n) is 13.9. The monoisotopic (exact) mass is 344 g/mol. The Morgan fingerprint density at radius 2 is 1.92 bits per heavy atom. The Kier molecular flexibility index (Phi) is 4.53. The normalized spacial score (nSPS) is 26.6. The third kappa shape index (κ3) is 3.32. The van der Waals surface area contributed by atoms with Gasteiger partial charge in [0.25, 0.3) is 0 Å². The van der Waals surface area contributed by atoms with E-state index in [1.54, 1.807) is 0 Å². The number of nitrogens with one attached hydrogen (secondary N) is 1. The molecule has 1 aromatic carbocycles. The summed E-state index contributed by atoms with van der Waals surface area (Å²) in [6, 6.07) is 8.47. The van der Waals surface area contributed by atoms with Crippen LogP contribution in [0.1, 0.15) is 43.7 Å². The van der Waals surface area contributed by atoms with Gasteiger partial charge in [0, 0.05) is 29.7 Å². The van der Waals surface area contributed by atoms with Crippen molar-refractivity contribution in [2.24, 2.45) is 11.8 Å². The molecule has 128 valence electrons. The van der Waals surface area contributed by atoms with Crippen LogP contribution in [-0.2, 0) is 9.59 Å². The van der Waals surface area contributed by atoms with Gasteiger partial charge in [-0.05, 0) is 43.7 Å². The van der Waals surface area contributed by atoms with E-state index in [4.69, 9.17) is 0 Å². The third-order valence-electron chi connectivity index (χ3n) is 5.31. The fourth-order valence-electron chi connectivity index (χ4n) is 3.76. The van der Waals surface area contributed by atoms with Crippen LogP contribution in [0.4, 0.5) is 0 Å². The van der Waals surface area contributed by atoms with Gasteiger partial charge in [-0.15, -0.1) is 11.8 Å². The zero-order valence-corrected chi connectivity index (χ0v) is 14.7. The first kappa shape index (κ1) is 16.0. The van der Waals surface area contributed by atoms with Crippen molar-refractivity contribution in [3.8, 4) is 0 Å². The van der Waals surface area contributed by atoms with Crippen molar-refractivity contribution in [3.63, 3.8) is 0 Å². The topological polar surface area (TPSA) is 49.4 Å². The Balaban J connectivity index is 1.40. The molecule has 1 saturated heterocycles. The molecule has 1 aromatic rings. The molecule has 0 radical (unpaired) electrons. The number of rotatable bonds is 3. The molecule has 2 fully saturated rings. The number of fused-ring (bicyclic) bond motifs is 1. The molecule has 5 heteroatoms. The second-order valence-corrected chi connectivity index (χ2v) is 8.27. The number of carbonyl (C=O) groups excluding carboxylic acids is 2. The fourth-order valence-corrected chi connectivity index (χ4v) is 4.89. The van der Waals surface area contributed by atoms with Crippen LogP contribution >= 0.6 is 11.8 Å². The molecule has 4 nitrogen and oxygen atoms in total. The molecule has 0 spiro atoms. The van der Waals surface area contributed by atoms with E-state index in [1.165, 1.54) is 10.5 Å². The van der Waals surface area contributed by atoms with Crippen LogP contribution in [0.15, 0.2) is 29.2 Å². The van der Waals surface area contributed by atoms with Crippen LogP contribution < -0.4 is 5.32 Å². The molecule has 2 amide bonds. The lowest BCUT2D eigenvalue weighted by Crippen LogP contribution is -2.46. The largest absolute Gasteiger partial charge is 0.349 e. The SMILES string of the molecule is O=C(N[C@H]1CCSc2ccccc21)[C@@H]1CCCN(C(=O)C2CC2)C1. The van der Waals surface area contributed by atoms with Gasteiger partial charge in [-0.25, -0.2) is 0 Å². The highest BCUT2D eigenvalue weighted by Gasteiger charge is 2.37. The first-order chi connectivity index (χ1) is 11.7. The van der Waals surface area contributed by atoms with Gasteiger partial charge in [0.1, 0.15) is 0 Å². The second-order valence-electron chi connectivity index (χ2n) is 7.13.